The van der Waals surface area contributed by atoms with Crippen LogP contribution in [0.3, 0.4) is 0 Å². The smallest absolute Gasteiger partial charge is 0.223 e. The molecule has 2 aromatic rings. The summed E-state index contributed by atoms with van der Waals surface area (Å²) in [5.41, 5.74) is 1.04. The first-order valence-corrected chi connectivity index (χ1v) is 7.11. The van der Waals surface area contributed by atoms with Gasteiger partial charge in [-0.25, -0.2) is 0 Å². The van der Waals surface area contributed by atoms with Gasteiger partial charge in [-0.15, -0.1) is 24.0 Å². The molecular formula is C15H22IN5O3. The van der Waals surface area contributed by atoms with Crippen molar-refractivity contribution in [2.24, 2.45) is 4.99 Å². The fraction of sp³-hybridized carbons (Fsp3) is 0.400. The molecule has 0 bridgehead atoms. The summed E-state index contributed by atoms with van der Waals surface area (Å²) in [6, 6.07) is 5.75. The molecule has 0 spiro atoms. The van der Waals surface area contributed by atoms with E-state index < -0.39 is 0 Å². The zero-order valence-electron chi connectivity index (χ0n) is 14.1. The Hall–Kier alpha value is -2.04. The Morgan fingerprint density at radius 3 is 2.46 bits per heavy atom. The molecule has 2 rings (SSSR count). The zero-order valence-corrected chi connectivity index (χ0v) is 16.5. The molecule has 0 unspecified atom stereocenters. The number of rotatable bonds is 6. The average molecular weight is 447 g/mol. The van der Waals surface area contributed by atoms with Gasteiger partial charge in [0.25, 0.3) is 0 Å². The lowest BCUT2D eigenvalue weighted by Gasteiger charge is -2.12. The zero-order chi connectivity index (χ0) is 16.7. The van der Waals surface area contributed by atoms with Crippen LogP contribution in [0.25, 0.3) is 0 Å². The Balaban J connectivity index is 0.00000288. The van der Waals surface area contributed by atoms with Crippen LogP contribution in [0, 0.1) is 6.92 Å². The van der Waals surface area contributed by atoms with E-state index in [1.54, 1.807) is 28.2 Å². The topological polar surface area (TPSA) is 93.8 Å². The summed E-state index contributed by atoms with van der Waals surface area (Å²) in [6.07, 6.45) is 0. The molecule has 1 aromatic carbocycles. The molecule has 2 N–H and O–H groups in total. The lowest BCUT2D eigenvalue weighted by molar-refractivity contribution is 0.354. The van der Waals surface area contributed by atoms with Crippen molar-refractivity contribution in [3.8, 4) is 11.5 Å². The molecule has 1 heterocycles. The molecule has 0 saturated heterocycles. The van der Waals surface area contributed by atoms with Gasteiger partial charge in [0.15, 0.2) is 23.3 Å². The maximum Gasteiger partial charge on any atom is 0.223 e. The van der Waals surface area contributed by atoms with Crippen LogP contribution >= 0.6 is 24.0 Å². The second-order valence-corrected chi connectivity index (χ2v) is 4.70. The van der Waals surface area contributed by atoms with Crippen molar-refractivity contribution < 1.29 is 14.0 Å². The van der Waals surface area contributed by atoms with Crippen molar-refractivity contribution in [1.29, 1.82) is 0 Å². The van der Waals surface area contributed by atoms with Crippen LogP contribution in [0.1, 0.15) is 17.3 Å². The molecule has 9 heteroatoms. The maximum atomic E-state index is 5.29. The molecule has 0 saturated carbocycles. The summed E-state index contributed by atoms with van der Waals surface area (Å²) in [6.45, 7) is 2.77. The second-order valence-electron chi connectivity index (χ2n) is 4.70. The first kappa shape index (κ1) is 20.0. The Bertz CT molecular complexity index is 675. The normalized spacial score (nSPS) is 10.8. The van der Waals surface area contributed by atoms with Crippen molar-refractivity contribution in [2.45, 2.75) is 20.0 Å². The van der Waals surface area contributed by atoms with Gasteiger partial charge in [-0.2, -0.15) is 4.98 Å². The average Bonchev–Trinajstić information content (AvgIpc) is 3.00. The highest BCUT2D eigenvalue weighted by Crippen LogP contribution is 2.27. The Morgan fingerprint density at radius 1 is 1.17 bits per heavy atom. The highest BCUT2D eigenvalue weighted by Gasteiger charge is 2.06. The van der Waals surface area contributed by atoms with E-state index in [4.69, 9.17) is 14.0 Å². The second kappa shape index (κ2) is 9.96. The fourth-order valence-corrected chi connectivity index (χ4v) is 1.97. The number of halogens is 1. The van der Waals surface area contributed by atoms with Gasteiger partial charge < -0.3 is 24.6 Å². The van der Waals surface area contributed by atoms with Gasteiger partial charge in [-0.05, 0) is 17.7 Å². The molecule has 8 nitrogen and oxygen atoms in total. The largest absolute Gasteiger partial charge is 0.493 e. The number of aromatic nitrogens is 2. The van der Waals surface area contributed by atoms with Crippen LogP contribution in [-0.2, 0) is 13.1 Å². The number of hydrogen-bond donors (Lipinski definition) is 2. The van der Waals surface area contributed by atoms with E-state index in [9.17, 15) is 0 Å². The van der Waals surface area contributed by atoms with Gasteiger partial charge in [0.05, 0.1) is 20.8 Å². The first-order valence-electron chi connectivity index (χ1n) is 7.11. The van der Waals surface area contributed by atoms with E-state index in [2.05, 4.69) is 25.8 Å². The molecule has 1 aromatic heterocycles. The number of nitrogens with zero attached hydrogens (tertiary/aromatic N) is 3. The van der Waals surface area contributed by atoms with Crippen LogP contribution in [0.4, 0.5) is 0 Å². The molecule has 24 heavy (non-hydrogen) atoms. The molecule has 132 valence electrons. The molecule has 0 fully saturated rings. The van der Waals surface area contributed by atoms with E-state index in [0.717, 1.165) is 5.56 Å². The van der Waals surface area contributed by atoms with E-state index >= 15 is 0 Å². The Kier molecular flexibility index (Phi) is 8.30. The molecular weight excluding hydrogens is 425 g/mol. The number of guanidine groups is 1. The summed E-state index contributed by atoms with van der Waals surface area (Å²) in [5, 5.41) is 10.1. The molecule has 0 radical (unpaired) electrons. The van der Waals surface area contributed by atoms with Gasteiger partial charge >= 0.3 is 0 Å². The van der Waals surface area contributed by atoms with Gasteiger partial charge in [-0.3, -0.25) is 4.99 Å². The number of nitrogens with one attached hydrogen (secondary N) is 2. The monoisotopic (exact) mass is 447 g/mol. The van der Waals surface area contributed by atoms with Crippen LogP contribution in [0.5, 0.6) is 11.5 Å². The fourth-order valence-electron chi connectivity index (χ4n) is 1.97. The van der Waals surface area contributed by atoms with Gasteiger partial charge in [0.1, 0.15) is 0 Å². The molecule has 0 aliphatic heterocycles. The Labute approximate surface area is 158 Å². The summed E-state index contributed by atoms with van der Waals surface area (Å²) in [5.74, 6) is 3.15. The number of aliphatic imine (C=N–C) groups is 1. The third kappa shape index (κ3) is 5.55. The summed E-state index contributed by atoms with van der Waals surface area (Å²) >= 11 is 0. The number of benzene rings is 1. The lowest BCUT2D eigenvalue weighted by atomic mass is 10.2. The summed E-state index contributed by atoms with van der Waals surface area (Å²) in [7, 11) is 4.93. The molecule has 0 aliphatic rings. The highest BCUT2D eigenvalue weighted by atomic mass is 127. The minimum Gasteiger partial charge on any atom is -0.493 e. The van der Waals surface area contributed by atoms with Crippen molar-refractivity contribution >= 4 is 29.9 Å². The van der Waals surface area contributed by atoms with Gasteiger partial charge in [0.2, 0.25) is 5.89 Å². The van der Waals surface area contributed by atoms with Crippen molar-refractivity contribution in [2.75, 3.05) is 21.3 Å². The minimum atomic E-state index is 0. The quantitative estimate of drug-likeness (QED) is 0.397. The van der Waals surface area contributed by atoms with E-state index in [-0.39, 0.29) is 24.0 Å². The standard InChI is InChI=1S/C15H21N5O3.HI/c1-10-19-14(20-23-10)9-18-15(16-2)17-8-11-5-6-12(21-3)13(7-11)22-4;/h5-7H,8-9H2,1-4H3,(H2,16,17,18);1H. The van der Waals surface area contributed by atoms with Crippen LogP contribution in [0.2, 0.25) is 0 Å². The minimum absolute atomic E-state index is 0. The predicted molar refractivity (Wildman–Crippen MR) is 101 cm³/mol. The third-order valence-electron chi connectivity index (χ3n) is 3.12. The highest BCUT2D eigenvalue weighted by molar-refractivity contribution is 14.0. The van der Waals surface area contributed by atoms with Crippen molar-refractivity contribution in [3.05, 3.63) is 35.5 Å². The summed E-state index contributed by atoms with van der Waals surface area (Å²) < 4.78 is 15.4. The Morgan fingerprint density at radius 2 is 1.88 bits per heavy atom. The van der Waals surface area contributed by atoms with Crippen LogP contribution in [0.15, 0.2) is 27.7 Å². The number of ether oxygens (including phenoxy) is 2. The summed E-state index contributed by atoms with van der Waals surface area (Å²) in [4.78, 5) is 8.28. The van der Waals surface area contributed by atoms with Crippen molar-refractivity contribution in [3.63, 3.8) is 0 Å². The van der Waals surface area contributed by atoms with Crippen LogP contribution < -0.4 is 20.1 Å². The maximum absolute atomic E-state index is 5.29. The number of aryl methyl sites for hydroxylation is 1. The van der Waals surface area contributed by atoms with E-state index in [0.29, 0.717) is 42.3 Å². The first-order chi connectivity index (χ1) is 11.2. The van der Waals surface area contributed by atoms with Crippen LogP contribution in [-0.4, -0.2) is 37.4 Å². The van der Waals surface area contributed by atoms with E-state index in [1.165, 1.54) is 0 Å². The third-order valence-corrected chi connectivity index (χ3v) is 3.12. The van der Waals surface area contributed by atoms with Gasteiger partial charge in [0, 0.05) is 20.5 Å². The van der Waals surface area contributed by atoms with E-state index in [1.807, 2.05) is 18.2 Å². The molecule has 0 amide bonds. The molecule has 0 atom stereocenters. The number of methoxy groups -OCH3 is 2. The number of hydrogen-bond acceptors (Lipinski definition) is 6. The van der Waals surface area contributed by atoms with Gasteiger partial charge in [-0.1, -0.05) is 11.2 Å². The van der Waals surface area contributed by atoms with Crippen molar-refractivity contribution in [1.82, 2.24) is 20.8 Å². The predicted octanol–water partition coefficient (Wildman–Crippen LogP) is 1.88. The lowest BCUT2D eigenvalue weighted by Crippen LogP contribution is -2.36. The SMILES string of the molecule is CN=C(NCc1ccc(OC)c(OC)c1)NCc1noc(C)n1.I. The molecule has 0 aliphatic carbocycles.